The number of hydrogen-bond donors (Lipinski definition) is 0. The van der Waals surface area contributed by atoms with Crippen molar-refractivity contribution < 1.29 is 4.79 Å². The van der Waals surface area contributed by atoms with E-state index in [9.17, 15) is 4.79 Å². The van der Waals surface area contributed by atoms with Crippen molar-refractivity contribution in [2.45, 2.75) is 0 Å². The molecule has 2 heteroatoms. The molecule has 0 bridgehead atoms. The first-order valence-corrected chi connectivity index (χ1v) is 5.56. The molecule has 0 saturated carbocycles. The highest BCUT2D eigenvalue weighted by molar-refractivity contribution is 5.77. The molecule has 0 saturated heterocycles. The number of nitrogens with zero attached hydrogens (tertiary/aromatic N) is 1. The van der Waals surface area contributed by atoms with Gasteiger partial charge in [-0.15, -0.1) is 0 Å². The topological polar surface area (TPSA) is 40.9 Å². The summed E-state index contributed by atoms with van der Waals surface area (Å²) in [4.78, 5) is 10.5. The molecule has 2 nitrogen and oxygen atoms in total. The third kappa shape index (κ3) is 2.72. The molecule has 0 amide bonds. The van der Waals surface area contributed by atoms with Crippen LogP contribution < -0.4 is 0 Å². The predicted molar refractivity (Wildman–Crippen MR) is 71.9 cm³/mol. The summed E-state index contributed by atoms with van der Waals surface area (Å²) in [6.45, 7) is 0. The minimum atomic E-state index is 0.651. The third-order valence-corrected chi connectivity index (χ3v) is 2.61. The van der Waals surface area contributed by atoms with E-state index in [1.54, 1.807) is 18.2 Å². The Bertz CT molecular complexity index is 618. The number of carbonyl (C=O) groups excluding carboxylic acids is 1. The largest absolute Gasteiger partial charge is 0.298 e. The van der Waals surface area contributed by atoms with Crippen molar-refractivity contribution >= 4 is 18.4 Å². The van der Waals surface area contributed by atoms with Crippen molar-refractivity contribution in [2.75, 3.05) is 0 Å². The number of carbonyl (C=O) groups is 1. The number of hydrogen-bond acceptors (Lipinski definition) is 2. The number of nitriles is 1. The summed E-state index contributed by atoms with van der Waals surface area (Å²) in [6.07, 6.45) is 4.64. The van der Waals surface area contributed by atoms with Crippen LogP contribution in [0, 0.1) is 11.3 Å². The Balaban J connectivity index is 2.24. The lowest BCUT2D eigenvalue weighted by Gasteiger charge is -1.97. The average molecular weight is 233 g/mol. The van der Waals surface area contributed by atoms with Gasteiger partial charge in [0, 0.05) is 5.56 Å². The normalized spacial score (nSPS) is 10.2. The van der Waals surface area contributed by atoms with Crippen molar-refractivity contribution in [3.8, 4) is 6.07 Å². The summed E-state index contributed by atoms with van der Waals surface area (Å²) >= 11 is 0. The average Bonchev–Trinajstić information content (AvgIpc) is 2.46. The van der Waals surface area contributed by atoms with Crippen LogP contribution in [0.2, 0.25) is 0 Å². The molecular weight excluding hydrogens is 222 g/mol. The van der Waals surface area contributed by atoms with Crippen LogP contribution in [-0.4, -0.2) is 6.29 Å². The van der Waals surface area contributed by atoms with E-state index in [1.807, 2.05) is 42.5 Å². The SMILES string of the molecule is N#Cc1ccccc1/C=C/c1ccc(C=O)cc1. The Morgan fingerprint density at radius 2 is 1.56 bits per heavy atom. The molecule has 2 rings (SSSR count). The van der Waals surface area contributed by atoms with Crippen LogP contribution in [0.15, 0.2) is 48.5 Å². The molecule has 2 aromatic rings. The predicted octanol–water partition coefficient (Wildman–Crippen LogP) is 3.54. The van der Waals surface area contributed by atoms with Crippen molar-refractivity contribution in [1.29, 1.82) is 5.26 Å². The van der Waals surface area contributed by atoms with E-state index in [-0.39, 0.29) is 0 Å². The molecule has 2 aromatic carbocycles. The molecule has 0 heterocycles. The zero-order valence-electron chi connectivity index (χ0n) is 9.71. The fourth-order valence-corrected chi connectivity index (χ4v) is 1.62. The fourth-order valence-electron chi connectivity index (χ4n) is 1.62. The number of aldehydes is 1. The van der Waals surface area contributed by atoms with E-state index in [4.69, 9.17) is 5.26 Å². The molecule has 0 spiro atoms. The quantitative estimate of drug-likeness (QED) is 0.601. The molecule has 0 aliphatic carbocycles. The first-order chi connectivity index (χ1) is 8.83. The van der Waals surface area contributed by atoms with Gasteiger partial charge in [0.05, 0.1) is 11.6 Å². The van der Waals surface area contributed by atoms with Gasteiger partial charge in [-0.25, -0.2) is 0 Å². The van der Waals surface area contributed by atoms with Gasteiger partial charge in [0.1, 0.15) is 6.29 Å². The fraction of sp³-hybridized carbons (Fsp3) is 0. The van der Waals surface area contributed by atoms with Crippen molar-refractivity contribution in [3.05, 3.63) is 70.8 Å². The lowest BCUT2D eigenvalue weighted by Crippen LogP contribution is -1.81. The van der Waals surface area contributed by atoms with Crippen molar-refractivity contribution in [2.24, 2.45) is 0 Å². The van der Waals surface area contributed by atoms with E-state index in [0.29, 0.717) is 11.1 Å². The first kappa shape index (κ1) is 11.8. The van der Waals surface area contributed by atoms with E-state index in [2.05, 4.69) is 6.07 Å². The maximum absolute atomic E-state index is 10.5. The van der Waals surface area contributed by atoms with Gasteiger partial charge < -0.3 is 0 Å². The Labute approximate surface area is 106 Å². The summed E-state index contributed by atoms with van der Waals surface area (Å²) in [7, 11) is 0. The highest BCUT2D eigenvalue weighted by atomic mass is 16.1. The highest BCUT2D eigenvalue weighted by Gasteiger charge is 1.96. The van der Waals surface area contributed by atoms with Crippen LogP contribution in [0.25, 0.3) is 12.2 Å². The number of benzene rings is 2. The Hall–Kier alpha value is -2.66. The van der Waals surface area contributed by atoms with Gasteiger partial charge in [0.15, 0.2) is 0 Å². The Morgan fingerprint density at radius 1 is 0.889 bits per heavy atom. The first-order valence-electron chi connectivity index (χ1n) is 5.56. The lowest BCUT2D eigenvalue weighted by atomic mass is 10.1. The molecule has 0 radical (unpaired) electrons. The van der Waals surface area contributed by atoms with Gasteiger partial charge in [-0.3, -0.25) is 4.79 Å². The lowest BCUT2D eigenvalue weighted by molar-refractivity contribution is 0.112. The van der Waals surface area contributed by atoms with Gasteiger partial charge in [-0.2, -0.15) is 5.26 Å². The Morgan fingerprint density at radius 3 is 2.22 bits per heavy atom. The maximum atomic E-state index is 10.5. The van der Waals surface area contributed by atoms with Crippen LogP contribution in [-0.2, 0) is 0 Å². The number of rotatable bonds is 3. The molecule has 0 N–H and O–H groups in total. The van der Waals surface area contributed by atoms with Gasteiger partial charge in [-0.1, -0.05) is 54.6 Å². The molecule has 0 aliphatic rings. The molecule has 0 aliphatic heterocycles. The second kappa shape index (κ2) is 5.60. The van der Waals surface area contributed by atoms with Crippen molar-refractivity contribution in [1.82, 2.24) is 0 Å². The monoisotopic (exact) mass is 233 g/mol. The van der Waals surface area contributed by atoms with Gasteiger partial charge in [-0.05, 0) is 17.2 Å². The molecule has 0 unspecified atom stereocenters. The summed E-state index contributed by atoms with van der Waals surface area (Å²) in [5.41, 5.74) is 3.19. The third-order valence-electron chi connectivity index (χ3n) is 2.61. The summed E-state index contributed by atoms with van der Waals surface area (Å²) in [5, 5.41) is 8.96. The summed E-state index contributed by atoms with van der Waals surface area (Å²) in [6, 6.07) is 16.9. The van der Waals surface area contributed by atoms with E-state index < -0.39 is 0 Å². The molecule has 0 fully saturated rings. The minimum absolute atomic E-state index is 0.651. The van der Waals surface area contributed by atoms with Gasteiger partial charge in [0.2, 0.25) is 0 Å². The highest BCUT2D eigenvalue weighted by Crippen LogP contribution is 2.12. The van der Waals surface area contributed by atoms with Crippen molar-refractivity contribution in [3.63, 3.8) is 0 Å². The molecule has 86 valence electrons. The van der Waals surface area contributed by atoms with Crippen LogP contribution in [0.4, 0.5) is 0 Å². The zero-order valence-corrected chi connectivity index (χ0v) is 9.71. The zero-order chi connectivity index (χ0) is 12.8. The summed E-state index contributed by atoms with van der Waals surface area (Å²) in [5.74, 6) is 0. The van der Waals surface area contributed by atoms with Crippen LogP contribution in [0.1, 0.15) is 27.0 Å². The van der Waals surface area contributed by atoms with E-state index in [1.165, 1.54) is 0 Å². The Kier molecular flexibility index (Phi) is 3.68. The second-order valence-electron chi connectivity index (χ2n) is 3.82. The van der Waals surface area contributed by atoms with E-state index >= 15 is 0 Å². The van der Waals surface area contributed by atoms with Crippen LogP contribution >= 0.6 is 0 Å². The molecule has 0 atom stereocenters. The van der Waals surface area contributed by atoms with E-state index in [0.717, 1.165) is 17.4 Å². The van der Waals surface area contributed by atoms with Crippen LogP contribution in [0.3, 0.4) is 0 Å². The minimum Gasteiger partial charge on any atom is -0.298 e. The smallest absolute Gasteiger partial charge is 0.150 e. The van der Waals surface area contributed by atoms with Gasteiger partial charge in [0.25, 0.3) is 0 Å². The summed E-state index contributed by atoms with van der Waals surface area (Å²) < 4.78 is 0. The molecule has 18 heavy (non-hydrogen) atoms. The maximum Gasteiger partial charge on any atom is 0.150 e. The van der Waals surface area contributed by atoms with Crippen LogP contribution in [0.5, 0.6) is 0 Å². The standard InChI is InChI=1S/C16H11NO/c17-11-16-4-2-1-3-15(16)10-9-13-5-7-14(12-18)8-6-13/h1-10,12H/b10-9+. The molecular formula is C16H11NO. The second-order valence-corrected chi connectivity index (χ2v) is 3.82. The molecule has 0 aromatic heterocycles. The van der Waals surface area contributed by atoms with Gasteiger partial charge >= 0.3 is 0 Å².